The SMILES string of the molecule is CC(C)N1[C-]=[N+](C(C)C)CCCC1. The minimum atomic E-state index is 0.583. The Balaban J connectivity index is 2.69. The maximum absolute atomic E-state index is 3.48. The Kier molecular flexibility index (Phi) is 3.76. The molecule has 0 spiro atoms. The van der Waals surface area contributed by atoms with Crippen LogP contribution in [0.4, 0.5) is 0 Å². The van der Waals surface area contributed by atoms with Crippen LogP contribution < -0.4 is 0 Å². The van der Waals surface area contributed by atoms with Gasteiger partial charge in [0.15, 0.2) is 0 Å². The van der Waals surface area contributed by atoms with Crippen LogP contribution >= 0.6 is 0 Å². The molecule has 0 saturated carbocycles. The Labute approximate surface area is 82.2 Å². The molecule has 0 bridgehead atoms. The third-order valence-electron chi connectivity index (χ3n) is 2.55. The van der Waals surface area contributed by atoms with Crippen molar-refractivity contribution in [2.75, 3.05) is 13.1 Å². The van der Waals surface area contributed by atoms with Crippen molar-refractivity contribution < 1.29 is 4.58 Å². The van der Waals surface area contributed by atoms with Crippen LogP contribution in [0.15, 0.2) is 0 Å². The third kappa shape index (κ3) is 3.02. The second-order valence-corrected chi connectivity index (χ2v) is 4.38. The summed E-state index contributed by atoms with van der Waals surface area (Å²) >= 11 is 0. The van der Waals surface area contributed by atoms with E-state index in [1.807, 2.05) is 0 Å². The molecule has 2 heteroatoms. The molecule has 0 unspecified atom stereocenters. The van der Waals surface area contributed by atoms with Crippen LogP contribution in [0, 0.1) is 0 Å². The normalized spacial score (nSPS) is 19.2. The van der Waals surface area contributed by atoms with E-state index in [4.69, 9.17) is 0 Å². The predicted octanol–water partition coefficient (Wildman–Crippen LogP) is 1.82. The lowest BCUT2D eigenvalue weighted by Crippen LogP contribution is -2.34. The van der Waals surface area contributed by atoms with Gasteiger partial charge in [0.2, 0.25) is 0 Å². The zero-order chi connectivity index (χ0) is 9.84. The van der Waals surface area contributed by atoms with E-state index in [0.29, 0.717) is 12.1 Å². The number of rotatable bonds is 2. The third-order valence-corrected chi connectivity index (χ3v) is 2.55. The lowest BCUT2D eigenvalue weighted by molar-refractivity contribution is -0.557. The minimum absolute atomic E-state index is 0.583. The second-order valence-electron chi connectivity index (χ2n) is 4.38. The molecule has 13 heavy (non-hydrogen) atoms. The molecule has 2 nitrogen and oxygen atoms in total. The smallest absolute Gasteiger partial charge is 0.0576 e. The van der Waals surface area contributed by atoms with Gasteiger partial charge in [-0.2, -0.15) is 0 Å². The molecular formula is C11H22N2. The summed E-state index contributed by atoms with van der Waals surface area (Å²) in [6, 6.07) is 1.17. The first-order valence-corrected chi connectivity index (χ1v) is 5.41. The molecule has 0 aromatic rings. The van der Waals surface area contributed by atoms with Crippen molar-refractivity contribution in [2.45, 2.75) is 52.6 Å². The quantitative estimate of drug-likeness (QED) is 0.466. The second kappa shape index (κ2) is 4.64. The Morgan fingerprint density at radius 1 is 1.15 bits per heavy atom. The summed E-state index contributed by atoms with van der Waals surface area (Å²) in [4.78, 5) is 2.33. The molecule has 0 aromatic carbocycles. The number of hydrogen-bond donors (Lipinski definition) is 0. The van der Waals surface area contributed by atoms with Crippen molar-refractivity contribution in [1.82, 2.24) is 4.90 Å². The van der Waals surface area contributed by atoms with E-state index >= 15 is 0 Å². The summed E-state index contributed by atoms with van der Waals surface area (Å²) in [5.41, 5.74) is 0. The fraction of sp³-hybridized carbons (Fsp3) is 0.909. The lowest BCUT2D eigenvalue weighted by Gasteiger charge is -2.29. The van der Waals surface area contributed by atoms with Crippen molar-refractivity contribution in [2.24, 2.45) is 0 Å². The molecule has 0 aliphatic carbocycles. The van der Waals surface area contributed by atoms with E-state index in [9.17, 15) is 0 Å². The predicted molar refractivity (Wildman–Crippen MR) is 56.3 cm³/mol. The average molecular weight is 182 g/mol. The van der Waals surface area contributed by atoms with Gasteiger partial charge in [0.05, 0.1) is 25.2 Å². The standard InChI is InChI=1S/C11H22N2/c1-10(2)12-7-5-6-8-13(9-12)11(3)4/h10-11H,5-8H2,1-4H3. The molecule has 1 rings (SSSR count). The number of hydrogen-bond acceptors (Lipinski definition) is 1. The van der Waals surface area contributed by atoms with Gasteiger partial charge in [0.25, 0.3) is 0 Å². The molecule has 0 atom stereocenters. The highest BCUT2D eigenvalue weighted by molar-refractivity contribution is 5.49. The van der Waals surface area contributed by atoms with E-state index < -0.39 is 0 Å². The fourth-order valence-corrected chi connectivity index (χ4v) is 1.58. The highest BCUT2D eigenvalue weighted by atomic mass is 15.2. The van der Waals surface area contributed by atoms with Crippen LogP contribution in [-0.2, 0) is 0 Å². The highest BCUT2D eigenvalue weighted by Gasteiger charge is 2.09. The van der Waals surface area contributed by atoms with E-state index in [1.165, 1.54) is 25.9 Å². The Morgan fingerprint density at radius 3 is 2.38 bits per heavy atom. The van der Waals surface area contributed by atoms with Gasteiger partial charge >= 0.3 is 0 Å². The van der Waals surface area contributed by atoms with E-state index in [2.05, 4.69) is 43.5 Å². The molecule has 0 fully saturated rings. The Hall–Kier alpha value is -0.530. The molecule has 0 amide bonds. The molecule has 1 aliphatic heterocycles. The van der Waals surface area contributed by atoms with Crippen LogP contribution in [0.25, 0.3) is 0 Å². The van der Waals surface area contributed by atoms with Gasteiger partial charge in [0, 0.05) is 0 Å². The Morgan fingerprint density at radius 2 is 1.85 bits per heavy atom. The zero-order valence-corrected chi connectivity index (χ0v) is 9.38. The number of nitrogens with zero attached hydrogens (tertiary/aromatic N) is 2. The molecule has 0 aromatic heterocycles. The van der Waals surface area contributed by atoms with E-state index in [1.54, 1.807) is 0 Å². The maximum Gasteiger partial charge on any atom is 0.0576 e. The van der Waals surface area contributed by atoms with Crippen LogP contribution in [-0.4, -0.2) is 41.0 Å². The average Bonchev–Trinajstić information content (AvgIpc) is 2.28. The van der Waals surface area contributed by atoms with Gasteiger partial charge in [-0.1, -0.05) is 0 Å². The molecule has 1 aliphatic rings. The zero-order valence-electron chi connectivity index (χ0n) is 9.38. The van der Waals surface area contributed by atoms with Gasteiger partial charge in [-0.15, -0.1) is 6.34 Å². The van der Waals surface area contributed by atoms with Crippen LogP contribution in [0.2, 0.25) is 0 Å². The summed E-state index contributed by atoms with van der Waals surface area (Å²) in [7, 11) is 0. The molecular weight excluding hydrogens is 160 g/mol. The summed E-state index contributed by atoms with van der Waals surface area (Å²) in [6.45, 7) is 11.3. The first-order chi connectivity index (χ1) is 6.11. The molecule has 0 radical (unpaired) electrons. The van der Waals surface area contributed by atoms with Crippen LogP contribution in [0.1, 0.15) is 40.5 Å². The molecule has 0 N–H and O–H groups in total. The van der Waals surface area contributed by atoms with Crippen molar-refractivity contribution in [1.29, 1.82) is 0 Å². The Bertz CT molecular complexity index is 183. The largest absolute Gasteiger partial charge is 0.436 e. The van der Waals surface area contributed by atoms with Gasteiger partial charge in [-0.25, -0.2) is 0 Å². The van der Waals surface area contributed by atoms with Crippen LogP contribution in [0.5, 0.6) is 0 Å². The van der Waals surface area contributed by atoms with Crippen LogP contribution in [0.3, 0.4) is 0 Å². The topological polar surface area (TPSA) is 6.25 Å². The van der Waals surface area contributed by atoms with Gasteiger partial charge in [-0.3, -0.25) is 0 Å². The van der Waals surface area contributed by atoms with Gasteiger partial charge in [0.1, 0.15) is 0 Å². The first-order valence-electron chi connectivity index (χ1n) is 5.41. The molecule has 1 heterocycles. The first kappa shape index (κ1) is 10.6. The van der Waals surface area contributed by atoms with Crippen molar-refractivity contribution in [3.63, 3.8) is 0 Å². The molecule has 76 valence electrons. The monoisotopic (exact) mass is 182 g/mol. The van der Waals surface area contributed by atoms with Gasteiger partial charge in [-0.05, 0) is 40.5 Å². The van der Waals surface area contributed by atoms with Gasteiger partial charge < -0.3 is 9.48 Å². The van der Waals surface area contributed by atoms with E-state index in [-0.39, 0.29) is 0 Å². The lowest BCUT2D eigenvalue weighted by atomic mass is 10.2. The summed E-state index contributed by atoms with van der Waals surface area (Å²) in [5, 5.41) is 0. The van der Waals surface area contributed by atoms with E-state index in [0.717, 1.165) is 0 Å². The minimum Gasteiger partial charge on any atom is -0.436 e. The summed E-state index contributed by atoms with van der Waals surface area (Å²) < 4.78 is 2.33. The summed E-state index contributed by atoms with van der Waals surface area (Å²) in [5.74, 6) is 0. The highest BCUT2D eigenvalue weighted by Crippen LogP contribution is 2.05. The summed E-state index contributed by atoms with van der Waals surface area (Å²) in [6.07, 6.45) is 6.08. The van der Waals surface area contributed by atoms with Crippen molar-refractivity contribution in [3.05, 3.63) is 0 Å². The molecule has 0 saturated heterocycles. The van der Waals surface area contributed by atoms with Crippen molar-refractivity contribution in [3.8, 4) is 0 Å². The fourth-order valence-electron chi connectivity index (χ4n) is 1.58. The van der Waals surface area contributed by atoms with Crippen molar-refractivity contribution >= 4 is 6.34 Å². The maximum atomic E-state index is 3.48.